The fraction of sp³-hybridized carbons (Fsp3) is 0.100. The van der Waals surface area contributed by atoms with E-state index in [1.807, 2.05) is 49.5 Å². The summed E-state index contributed by atoms with van der Waals surface area (Å²) in [5, 5.41) is 5.69. The van der Waals surface area contributed by atoms with E-state index in [0.717, 1.165) is 11.4 Å². The van der Waals surface area contributed by atoms with Gasteiger partial charge in [0.25, 0.3) is 0 Å². The fourth-order valence-electron chi connectivity index (χ4n) is 1.18. The third kappa shape index (κ3) is 2.24. The molecule has 0 unspecified atom stereocenters. The molecule has 15 heavy (non-hydrogen) atoms. The first kappa shape index (κ1) is 9.92. The molecule has 0 fully saturated rings. The van der Waals surface area contributed by atoms with E-state index in [9.17, 15) is 0 Å². The molecule has 0 saturated heterocycles. The second kappa shape index (κ2) is 4.27. The van der Waals surface area contributed by atoms with Crippen LogP contribution in [0.1, 0.15) is 12.5 Å². The number of benzene rings is 1. The van der Waals surface area contributed by atoms with Crippen LogP contribution in [0.3, 0.4) is 0 Å². The lowest BCUT2D eigenvalue weighted by atomic mass is 10.2. The molecule has 1 N–H and O–H groups in total. The van der Waals surface area contributed by atoms with E-state index in [-0.39, 0.29) is 0 Å². The SMILES string of the molecule is CC1=NNN(/C=C/c2ccccc2)N1S. The lowest BCUT2D eigenvalue weighted by Crippen LogP contribution is -2.34. The van der Waals surface area contributed by atoms with E-state index in [4.69, 9.17) is 0 Å². The highest BCUT2D eigenvalue weighted by Gasteiger charge is 2.14. The highest BCUT2D eigenvalue weighted by Crippen LogP contribution is 2.09. The van der Waals surface area contributed by atoms with Crippen LogP contribution in [-0.2, 0) is 0 Å². The van der Waals surface area contributed by atoms with Gasteiger partial charge in [-0.25, -0.2) is 0 Å². The van der Waals surface area contributed by atoms with Gasteiger partial charge in [-0.15, -0.1) is 5.10 Å². The van der Waals surface area contributed by atoms with Crippen LogP contribution in [0, 0.1) is 0 Å². The molecule has 4 nitrogen and oxygen atoms in total. The summed E-state index contributed by atoms with van der Waals surface area (Å²) in [6.45, 7) is 1.87. The Bertz CT molecular complexity index is 388. The van der Waals surface area contributed by atoms with Crippen molar-refractivity contribution in [2.24, 2.45) is 5.10 Å². The highest BCUT2D eigenvalue weighted by molar-refractivity contribution is 7.78. The Kier molecular flexibility index (Phi) is 2.82. The van der Waals surface area contributed by atoms with Crippen LogP contribution in [0.2, 0.25) is 0 Å². The quantitative estimate of drug-likeness (QED) is 0.746. The molecule has 0 atom stereocenters. The first-order valence-electron chi connectivity index (χ1n) is 4.59. The minimum absolute atomic E-state index is 0.802. The third-order valence-electron chi connectivity index (χ3n) is 2.02. The zero-order valence-corrected chi connectivity index (χ0v) is 9.22. The highest BCUT2D eigenvalue weighted by atomic mass is 32.1. The van der Waals surface area contributed by atoms with Crippen molar-refractivity contribution < 1.29 is 0 Å². The van der Waals surface area contributed by atoms with Crippen LogP contribution >= 0.6 is 12.8 Å². The van der Waals surface area contributed by atoms with Crippen molar-refractivity contribution in [3.05, 3.63) is 42.1 Å². The average Bonchev–Trinajstić information content (AvgIpc) is 2.59. The third-order valence-corrected chi connectivity index (χ3v) is 2.50. The molecule has 1 aromatic carbocycles. The zero-order valence-electron chi connectivity index (χ0n) is 8.33. The number of hydrogen-bond acceptors (Lipinski definition) is 5. The molecular weight excluding hydrogens is 208 g/mol. The largest absolute Gasteiger partial charge is 0.197 e. The molecule has 1 aliphatic rings. The second-order valence-electron chi connectivity index (χ2n) is 3.12. The lowest BCUT2D eigenvalue weighted by molar-refractivity contribution is 0.174. The summed E-state index contributed by atoms with van der Waals surface area (Å²) in [6, 6.07) is 10.0. The van der Waals surface area contributed by atoms with Crippen LogP contribution < -0.4 is 5.53 Å². The number of thiol groups is 1. The van der Waals surface area contributed by atoms with Crippen molar-refractivity contribution in [2.75, 3.05) is 0 Å². The first-order valence-corrected chi connectivity index (χ1v) is 4.99. The number of rotatable bonds is 2. The van der Waals surface area contributed by atoms with Crippen molar-refractivity contribution in [3.8, 4) is 0 Å². The minimum atomic E-state index is 0.802. The van der Waals surface area contributed by atoms with Crippen LogP contribution in [0.25, 0.3) is 6.08 Å². The minimum Gasteiger partial charge on any atom is -0.197 e. The van der Waals surface area contributed by atoms with Gasteiger partial charge in [0, 0.05) is 6.20 Å². The van der Waals surface area contributed by atoms with Crippen LogP contribution in [-0.4, -0.2) is 15.4 Å². The van der Waals surface area contributed by atoms with Gasteiger partial charge in [-0.3, -0.25) is 0 Å². The summed E-state index contributed by atoms with van der Waals surface area (Å²) >= 11 is 4.24. The molecule has 0 aliphatic carbocycles. The predicted octanol–water partition coefficient (Wildman–Crippen LogP) is 1.87. The lowest BCUT2D eigenvalue weighted by Gasteiger charge is -2.20. The van der Waals surface area contributed by atoms with E-state index >= 15 is 0 Å². The van der Waals surface area contributed by atoms with Crippen molar-refractivity contribution in [1.82, 2.24) is 15.1 Å². The molecule has 0 amide bonds. The van der Waals surface area contributed by atoms with E-state index in [1.165, 1.54) is 0 Å². The van der Waals surface area contributed by atoms with Crippen molar-refractivity contribution in [1.29, 1.82) is 0 Å². The molecule has 0 bridgehead atoms. The Balaban J connectivity index is 2.02. The number of hydrazone groups is 1. The first-order chi connectivity index (χ1) is 7.27. The monoisotopic (exact) mass is 220 g/mol. The number of hydrogen-bond donors (Lipinski definition) is 2. The molecule has 1 heterocycles. The standard InChI is InChI=1S/C10H12N4S/c1-9-11-12-13(14(9)15)8-7-10-5-3-2-4-6-10/h2-8,12,15H,1H3/b8-7+. The molecule has 0 saturated carbocycles. The van der Waals surface area contributed by atoms with E-state index in [2.05, 4.69) is 23.5 Å². The number of nitrogens with zero attached hydrogens (tertiary/aromatic N) is 3. The molecule has 1 aliphatic heterocycles. The molecule has 0 radical (unpaired) electrons. The van der Waals surface area contributed by atoms with Gasteiger partial charge in [0.1, 0.15) is 0 Å². The van der Waals surface area contributed by atoms with Gasteiger partial charge in [-0.2, -0.15) is 15.1 Å². The van der Waals surface area contributed by atoms with Crippen molar-refractivity contribution in [2.45, 2.75) is 6.92 Å². The summed E-state index contributed by atoms with van der Waals surface area (Å²) in [4.78, 5) is 0. The van der Waals surface area contributed by atoms with Gasteiger partial charge >= 0.3 is 0 Å². The molecule has 0 aromatic heterocycles. The maximum atomic E-state index is 4.24. The normalized spacial score (nSPS) is 15.7. The summed E-state index contributed by atoms with van der Waals surface area (Å²) in [6.07, 6.45) is 3.84. The topological polar surface area (TPSA) is 30.9 Å². The van der Waals surface area contributed by atoms with Gasteiger partial charge in [-0.05, 0) is 31.4 Å². The molecule has 5 heteroatoms. The molecule has 1 aromatic rings. The number of hydrazine groups is 2. The summed E-state index contributed by atoms with van der Waals surface area (Å²) < 4.78 is 1.62. The van der Waals surface area contributed by atoms with E-state index in [1.54, 1.807) is 9.53 Å². The average molecular weight is 220 g/mol. The second-order valence-corrected chi connectivity index (χ2v) is 3.50. The summed E-state index contributed by atoms with van der Waals surface area (Å²) in [5.41, 5.74) is 3.94. The predicted molar refractivity (Wildman–Crippen MR) is 64.4 cm³/mol. The summed E-state index contributed by atoms with van der Waals surface area (Å²) in [7, 11) is 0. The summed E-state index contributed by atoms with van der Waals surface area (Å²) in [5.74, 6) is 0.802. The molecule has 78 valence electrons. The van der Waals surface area contributed by atoms with Crippen LogP contribution in [0.5, 0.6) is 0 Å². The van der Waals surface area contributed by atoms with Gasteiger partial charge in [-0.1, -0.05) is 30.3 Å². The Morgan fingerprint density at radius 1 is 1.33 bits per heavy atom. The molecule has 2 rings (SSSR count). The van der Waals surface area contributed by atoms with Gasteiger partial charge in [0.05, 0.1) is 0 Å². The van der Waals surface area contributed by atoms with Gasteiger partial charge in [0.15, 0.2) is 5.84 Å². The molecule has 0 spiro atoms. The van der Waals surface area contributed by atoms with Gasteiger partial charge in [0.2, 0.25) is 0 Å². The van der Waals surface area contributed by atoms with Crippen molar-refractivity contribution in [3.63, 3.8) is 0 Å². The Morgan fingerprint density at radius 3 is 2.67 bits per heavy atom. The number of nitrogens with one attached hydrogen (secondary N) is 1. The van der Waals surface area contributed by atoms with Crippen LogP contribution in [0.15, 0.2) is 41.6 Å². The Hall–Kier alpha value is -1.62. The number of amidine groups is 1. The fourth-order valence-corrected chi connectivity index (χ4v) is 1.33. The van der Waals surface area contributed by atoms with E-state index in [0.29, 0.717) is 0 Å². The smallest absolute Gasteiger partial charge is 0.155 e. The maximum absolute atomic E-state index is 4.24. The van der Waals surface area contributed by atoms with E-state index < -0.39 is 0 Å². The zero-order chi connectivity index (χ0) is 10.7. The van der Waals surface area contributed by atoms with Gasteiger partial charge < -0.3 is 0 Å². The van der Waals surface area contributed by atoms with Crippen molar-refractivity contribution >= 4 is 24.7 Å². The maximum Gasteiger partial charge on any atom is 0.155 e. The Morgan fingerprint density at radius 2 is 2.07 bits per heavy atom. The van der Waals surface area contributed by atoms with Crippen LogP contribution in [0.4, 0.5) is 0 Å². The Labute approximate surface area is 94.4 Å². The molecular formula is C10H12N4S.